The minimum absolute atomic E-state index is 0.0520. The summed E-state index contributed by atoms with van der Waals surface area (Å²) in [7, 11) is 1.34. The molecule has 10 nitrogen and oxygen atoms in total. The van der Waals surface area contributed by atoms with Crippen LogP contribution in [0.25, 0.3) is 10.8 Å². The van der Waals surface area contributed by atoms with Crippen LogP contribution >= 0.6 is 11.3 Å². The Bertz CT molecular complexity index is 779. The number of amides is 3. The lowest BCUT2D eigenvalue weighted by atomic mass is 10.4. The molecule has 0 unspecified atom stereocenters. The summed E-state index contributed by atoms with van der Waals surface area (Å²) in [5, 5.41) is 9.92. The summed E-state index contributed by atoms with van der Waals surface area (Å²) in [6, 6.07) is 2.84. The zero-order chi connectivity index (χ0) is 17.5. The highest BCUT2D eigenvalue weighted by atomic mass is 32.1. The molecule has 2 aromatic heterocycles. The SMILES string of the molecule is CNC(=O)NC(=O)COC(=O)CCn1nc(-c2cccs2)oc1=O. The summed E-state index contributed by atoms with van der Waals surface area (Å²) in [6.07, 6.45) is -0.177. The van der Waals surface area contributed by atoms with E-state index in [0.717, 1.165) is 4.68 Å². The van der Waals surface area contributed by atoms with Gasteiger partial charge in [0.05, 0.1) is 17.8 Å². The minimum atomic E-state index is -0.763. The van der Waals surface area contributed by atoms with Gasteiger partial charge in [-0.25, -0.2) is 9.59 Å². The maximum atomic E-state index is 11.6. The summed E-state index contributed by atoms with van der Waals surface area (Å²) in [6.45, 7) is -0.649. The number of esters is 1. The van der Waals surface area contributed by atoms with Gasteiger partial charge in [-0.1, -0.05) is 6.07 Å². The fourth-order valence-corrected chi connectivity index (χ4v) is 2.23. The number of ether oxygens (including phenoxy) is 1. The third-order valence-corrected chi connectivity index (χ3v) is 3.57. The second kappa shape index (κ2) is 8.06. The molecular formula is C13H14N4O6S. The van der Waals surface area contributed by atoms with Gasteiger partial charge in [0.25, 0.3) is 11.8 Å². The Hall–Kier alpha value is -2.95. The average Bonchev–Trinajstić information content (AvgIpc) is 3.20. The number of hydrogen-bond donors (Lipinski definition) is 2. The molecule has 0 radical (unpaired) electrons. The molecule has 0 aromatic carbocycles. The maximum Gasteiger partial charge on any atom is 0.437 e. The highest BCUT2D eigenvalue weighted by Crippen LogP contribution is 2.20. The molecule has 2 rings (SSSR count). The number of rotatable bonds is 6. The third kappa shape index (κ3) is 4.78. The number of carbonyl (C=O) groups is 3. The number of urea groups is 1. The molecule has 24 heavy (non-hydrogen) atoms. The molecule has 0 aliphatic rings. The van der Waals surface area contributed by atoms with E-state index in [1.807, 2.05) is 10.7 Å². The molecule has 0 fully saturated rings. The Morgan fingerprint density at radius 2 is 2.21 bits per heavy atom. The predicted molar refractivity (Wildman–Crippen MR) is 82.3 cm³/mol. The van der Waals surface area contributed by atoms with Gasteiger partial charge >= 0.3 is 17.8 Å². The van der Waals surface area contributed by atoms with Gasteiger partial charge in [0.15, 0.2) is 6.61 Å². The predicted octanol–water partition coefficient (Wildman–Crippen LogP) is -0.0463. The number of carbonyl (C=O) groups excluding carboxylic acids is 3. The molecule has 2 heterocycles. The van der Waals surface area contributed by atoms with E-state index in [4.69, 9.17) is 4.42 Å². The van der Waals surface area contributed by atoms with Crippen LogP contribution in [0, 0.1) is 0 Å². The summed E-state index contributed by atoms with van der Waals surface area (Å²) in [4.78, 5) is 46.0. The number of thiophene rings is 1. The van der Waals surface area contributed by atoms with Crippen LogP contribution in [-0.4, -0.2) is 41.3 Å². The molecule has 128 valence electrons. The van der Waals surface area contributed by atoms with Crippen molar-refractivity contribution in [2.45, 2.75) is 13.0 Å². The van der Waals surface area contributed by atoms with Crippen LogP contribution in [0.4, 0.5) is 4.79 Å². The first-order valence-electron chi connectivity index (χ1n) is 6.78. The molecule has 2 aromatic rings. The van der Waals surface area contributed by atoms with Gasteiger partial charge in [-0.3, -0.25) is 14.9 Å². The summed E-state index contributed by atoms with van der Waals surface area (Å²) in [5.74, 6) is -1.99. The lowest BCUT2D eigenvalue weighted by molar-refractivity contribution is -0.148. The molecule has 0 aliphatic heterocycles. The first kappa shape index (κ1) is 17.4. The monoisotopic (exact) mass is 354 g/mol. The van der Waals surface area contributed by atoms with E-state index < -0.39 is 30.3 Å². The number of aryl methyl sites for hydroxylation is 1. The van der Waals surface area contributed by atoms with Crippen molar-refractivity contribution in [3.63, 3.8) is 0 Å². The van der Waals surface area contributed by atoms with Crippen LogP contribution in [0.15, 0.2) is 26.7 Å². The molecule has 2 N–H and O–H groups in total. The fraction of sp³-hybridized carbons (Fsp3) is 0.308. The van der Waals surface area contributed by atoms with Gasteiger partial charge in [-0.2, -0.15) is 4.68 Å². The zero-order valence-electron chi connectivity index (χ0n) is 12.6. The van der Waals surface area contributed by atoms with Gasteiger partial charge < -0.3 is 14.5 Å². The topological polar surface area (TPSA) is 133 Å². The Balaban J connectivity index is 1.81. The summed E-state index contributed by atoms with van der Waals surface area (Å²) < 4.78 is 10.7. The van der Waals surface area contributed by atoms with E-state index in [2.05, 4.69) is 15.2 Å². The Morgan fingerprint density at radius 3 is 2.88 bits per heavy atom. The number of nitrogens with zero attached hydrogens (tertiary/aromatic N) is 2. The lowest BCUT2D eigenvalue weighted by Gasteiger charge is -2.04. The van der Waals surface area contributed by atoms with Gasteiger partial charge in [0.2, 0.25) is 0 Å². The van der Waals surface area contributed by atoms with Crippen molar-refractivity contribution >= 4 is 29.2 Å². The third-order valence-electron chi connectivity index (χ3n) is 2.71. The van der Waals surface area contributed by atoms with Gasteiger partial charge in [0, 0.05) is 7.05 Å². The Kier molecular flexibility index (Phi) is 5.84. The van der Waals surface area contributed by atoms with Gasteiger partial charge in [-0.15, -0.1) is 16.4 Å². The van der Waals surface area contributed by atoms with Crippen molar-refractivity contribution < 1.29 is 23.5 Å². The van der Waals surface area contributed by atoms with Crippen molar-refractivity contribution in [1.82, 2.24) is 20.4 Å². The molecule has 11 heteroatoms. The van der Waals surface area contributed by atoms with Crippen LogP contribution in [0.5, 0.6) is 0 Å². The minimum Gasteiger partial charge on any atom is -0.456 e. The maximum absolute atomic E-state index is 11.6. The summed E-state index contributed by atoms with van der Waals surface area (Å²) >= 11 is 1.36. The molecule has 0 saturated heterocycles. The molecule has 0 atom stereocenters. The van der Waals surface area contributed by atoms with E-state index >= 15 is 0 Å². The first-order chi connectivity index (χ1) is 11.5. The Morgan fingerprint density at radius 1 is 1.42 bits per heavy atom. The van der Waals surface area contributed by atoms with Crippen molar-refractivity contribution in [2.75, 3.05) is 13.7 Å². The van der Waals surface area contributed by atoms with E-state index in [1.165, 1.54) is 18.4 Å². The number of hydrogen-bond acceptors (Lipinski definition) is 8. The van der Waals surface area contributed by atoms with Crippen molar-refractivity contribution in [3.8, 4) is 10.8 Å². The van der Waals surface area contributed by atoms with Crippen LogP contribution in [0.1, 0.15) is 6.42 Å². The molecule has 3 amide bonds. The lowest BCUT2D eigenvalue weighted by Crippen LogP contribution is -2.39. The Labute approximate surface area is 139 Å². The smallest absolute Gasteiger partial charge is 0.437 e. The number of aromatic nitrogens is 2. The van der Waals surface area contributed by atoms with Crippen molar-refractivity contribution in [2.24, 2.45) is 0 Å². The average molecular weight is 354 g/mol. The van der Waals surface area contributed by atoms with Crippen molar-refractivity contribution in [1.29, 1.82) is 0 Å². The van der Waals surface area contributed by atoms with Crippen LogP contribution in [0.3, 0.4) is 0 Å². The highest BCUT2D eigenvalue weighted by Gasteiger charge is 2.14. The van der Waals surface area contributed by atoms with Gasteiger partial charge in [0.1, 0.15) is 0 Å². The van der Waals surface area contributed by atoms with E-state index in [-0.39, 0.29) is 18.9 Å². The van der Waals surface area contributed by atoms with E-state index in [0.29, 0.717) is 4.88 Å². The molecule has 0 spiro atoms. The first-order valence-corrected chi connectivity index (χ1v) is 7.66. The normalized spacial score (nSPS) is 10.2. The van der Waals surface area contributed by atoms with Crippen molar-refractivity contribution in [3.05, 3.63) is 28.1 Å². The fourth-order valence-electron chi connectivity index (χ4n) is 1.59. The molecular weight excluding hydrogens is 340 g/mol. The second-order valence-corrected chi connectivity index (χ2v) is 5.36. The number of nitrogens with one attached hydrogen (secondary N) is 2. The van der Waals surface area contributed by atoms with E-state index in [9.17, 15) is 19.2 Å². The molecule has 0 aliphatic carbocycles. The largest absolute Gasteiger partial charge is 0.456 e. The van der Waals surface area contributed by atoms with Crippen LogP contribution in [-0.2, 0) is 20.9 Å². The van der Waals surface area contributed by atoms with Crippen LogP contribution < -0.4 is 16.4 Å². The van der Waals surface area contributed by atoms with E-state index in [1.54, 1.807) is 12.1 Å². The molecule has 0 saturated carbocycles. The van der Waals surface area contributed by atoms with Crippen LogP contribution in [0.2, 0.25) is 0 Å². The zero-order valence-corrected chi connectivity index (χ0v) is 13.4. The quantitative estimate of drug-likeness (QED) is 0.695. The second-order valence-electron chi connectivity index (χ2n) is 4.41. The number of imide groups is 1. The standard InChI is InChI=1S/C13H14N4O6S/c1-14-12(20)15-9(18)7-22-10(19)4-5-17-13(21)23-11(16-17)8-3-2-6-24-8/h2-3,6H,4-5,7H2,1H3,(H2,14,15,18,20). The van der Waals surface area contributed by atoms with Gasteiger partial charge in [-0.05, 0) is 11.4 Å². The molecule has 0 bridgehead atoms. The summed E-state index contributed by atoms with van der Waals surface area (Å²) in [5.41, 5.74) is 0. The highest BCUT2D eigenvalue weighted by molar-refractivity contribution is 7.13.